The Morgan fingerprint density at radius 3 is 2.48 bits per heavy atom. The molecule has 3 aromatic rings. The minimum atomic E-state index is -0.455. The Labute approximate surface area is 144 Å². The molecule has 7 nitrogen and oxygen atoms in total. The van der Waals surface area contributed by atoms with Crippen molar-refractivity contribution in [3.63, 3.8) is 0 Å². The summed E-state index contributed by atoms with van der Waals surface area (Å²) in [7, 11) is 1.31. The van der Waals surface area contributed by atoms with Crippen LogP contribution in [0.15, 0.2) is 54.7 Å². The minimum absolute atomic E-state index is 0.274. The quantitative estimate of drug-likeness (QED) is 0.740. The highest BCUT2D eigenvalue weighted by Gasteiger charge is 2.10. The Morgan fingerprint density at radius 2 is 1.84 bits per heavy atom. The van der Waals surface area contributed by atoms with Crippen molar-refractivity contribution < 1.29 is 14.3 Å². The monoisotopic (exact) mass is 336 g/mol. The number of carbonyl (C=O) groups is 2. The highest BCUT2D eigenvalue weighted by Crippen LogP contribution is 2.15. The summed E-state index contributed by atoms with van der Waals surface area (Å²) in [5, 5.41) is 10.6. The van der Waals surface area contributed by atoms with Crippen LogP contribution in [0.5, 0.6) is 0 Å². The van der Waals surface area contributed by atoms with Gasteiger partial charge in [0.1, 0.15) is 0 Å². The molecule has 0 atom stereocenters. The molecule has 0 radical (unpaired) electrons. The van der Waals surface area contributed by atoms with Crippen LogP contribution in [0.4, 0.5) is 5.69 Å². The first-order chi connectivity index (χ1) is 12.1. The number of anilines is 1. The number of nitrogens with one attached hydrogen (secondary N) is 1. The fraction of sp³-hybridized carbons (Fsp3) is 0.111. The predicted molar refractivity (Wildman–Crippen MR) is 91.8 cm³/mol. The van der Waals surface area contributed by atoms with Gasteiger partial charge >= 0.3 is 5.97 Å². The van der Waals surface area contributed by atoms with E-state index in [1.807, 2.05) is 6.92 Å². The van der Waals surface area contributed by atoms with Crippen LogP contribution < -0.4 is 5.32 Å². The zero-order chi connectivity index (χ0) is 17.8. The molecule has 126 valence electrons. The van der Waals surface area contributed by atoms with E-state index in [-0.39, 0.29) is 5.91 Å². The van der Waals surface area contributed by atoms with E-state index in [0.717, 1.165) is 11.4 Å². The topological polar surface area (TPSA) is 86.1 Å². The van der Waals surface area contributed by atoms with Crippen molar-refractivity contribution in [2.45, 2.75) is 6.92 Å². The molecule has 1 N–H and O–H groups in total. The molecule has 0 saturated carbocycles. The van der Waals surface area contributed by atoms with Crippen molar-refractivity contribution in [3.05, 3.63) is 71.5 Å². The van der Waals surface area contributed by atoms with E-state index in [2.05, 4.69) is 20.4 Å². The van der Waals surface area contributed by atoms with Crippen LogP contribution in [-0.2, 0) is 4.74 Å². The Bertz CT molecular complexity index is 916. The number of carbonyl (C=O) groups excluding carboxylic acids is 2. The van der Waals surface area contributed by atoms with Gasteiger partial charge in [0.25, 0.3) is 5.91 Å². The number of esters is 1. The molecule has 1 heterocycles. The van der Waals surface area contributed by atoms with Crippen molar-refractivity contribution in [3.8, 4) is 5.69 Å². The smallest absolute Gasteiger partial charge is 0.337 e. The fourth-order valence-electron chi connectivity index (χ4n) is 2.34. The second-order valence-corrected chi connectivity index (χ2v) is 5.36. The fourth-order valence-corrected chi connectivity index (χ4v) is 2.34. The van der Waals surface area contributed by atoms with Gasteiger partial charge in [0.15, 0.2) is 0 Å². The number of methoxy groups -OCH3 is 1. The van der Waals surface area contributed by atoms with Crippen LogP contribution in [0, 0.1) is 6.92 Å². The van der Waals surface area contributed by atoms with Gasteiger partial charge in [-0.2, -0.15) is 0 Å². The molecule has 0 unspecified atom stereocenters. The number of hydrogen-bond acceptors (Lipinski definition) is 5. The van der Waals surface area contributed by atoms with E-state index in [1.165, 1.54) is 7.11 Å². The molecule has 0 aliphatic carbocycles. The maximum atomic E-state index is 12.4. The number of rotatable bonds is 4. The average molecular weight is 336 g/mol. The van der Waals surface area contributed by atoms with Crippen molar-refractivity contribution in [1.29, 1.82) is 0 Å². The second kappa shape index (κ2) is 6.96. The highest BCUT2D eigenvalue weighted by molar-refractivity contribution is 6.05. The van der Waals surface area contributed by atoms with E-state index in [0.29, 0.717) is 16.8 Å². The zero-order valence-electron chi connectivity index (χ0n) is 13.8. The molecule has 0 bridgehead atoms. The standard InChI is InChI=1S/C18H16N4O3/c1-12-11-19-21-22(12)16-8-6-13(7-9-16)17(23)20-15-5-3-4-14(10-15)18(24)25-2/h3-11H,1-2H3,(H,20,23). The van der Waals surface area contributed by atoms with E-state index >= 15 is 0 Å². The zero-order valence-corrected chi connectivity index (χ0v) is 13.8. The summed E-state index contributed by atoms with van der Waals surface area (Å²) in [4.78, 5) is 23.9. The van der Waals surface area contributed by atoms with Gasteiger partial charge in [0.2, 0.25) is 0 Å². The SMILES string of the molecule is COC(=O)c1cccc(NC(=O)c2ccc(-n3nncc3C)cc2)c1. The molecule has 0 fully saturated rings. The molecule has 0 aliphatic heterocycles. The number of nitrogens with zero attached hydrogens (tertiary/aromatic N) is 3. The summed E-state index contributed by atoms with van der Waals surface area (Å²) in [6, 6.07) is 13.6. The summed E-state index contributed by atoms with van der Waals surface area (Å²) in [5.74, 6) is -0.729. The van der Waals surface area contributed by atoms with Crippen molar-refractivity contribution >= 4 is 17.6 Å². The largest absolute Gasteiger partial charge is 0.465 e. The molecular weight excluding hydrogens is 320 g/mol. The third-order valence-electron chi connectivity index (χ3n) is 3.64. The first kappa shape index (κ1) is 16.4. The van der Waals surface area contributed by atoms with Gasteiger partial charge in [-0.1, -0.05) is 11.3 Å². The molecule has 1 aromatic heterocycles. The second-order valence-electron chi connectivity index (χ2n) is 5.36. The van der Waals surface area contributed by atoms with Crippen molar-refractivity contribution in [2.75, 3.05) is 12.4 Å². The predicted octanol–water partition coefficient (Wildman–Crippen LogP) is 2.61. The molecule has 1 amide bonds. The van der Waals surface area contributed by atoms with Gasteiger partial charge in [-0.15, -0.1) is 5.10 Å². The third kappa shape index (κ3) is 3.55. The molecule has 3 rings (SSSR count). The van der Waals surface area contributed by atoms with Crippen LogP contribution in [0.3, 0.4) is 0 Å². The maximum absolute atomic E-state index is 12.4. The Kier molecular flexibility index (Phi) is 4.56. The van der Waals surface area contributed by atoms with Crippen LogP contribution in [0.1, 0.15) is 26.4 Å². The lowest BCUT2D eigenvalue weighted by Gasteiger charge is -2.08. The summed E-state index contributed by atoms with van der Waals surface area (Å²) in [5.41, 5.74) is 3.10. The van der Waals surface area contributed by atoms with Crippen LogP contribution in [0.25, 0.3) is 5.69 Å². The lowest BCUT2D eigenvalue weighted by atomic mass is 10.1. The lowest BCUT2D eigenvalue weighted by molar-refractivity contribution is 0.0600. The van der Waals surface area contributed by atoms with Crippen LogP contribution in [0.2, 0.25) is 0 Å². The number of ether oxygens (including phenoxy) is 1. The van der Waals surface area contributed by atoms with Gasteiger partial charge in [0.05, 0.1) is 30.3 Å². The number of amides is 1. The summed E-state index contributed by atoms with van der Waals surface area (Å²) < 4.78 is 6.36. The number of benzene rings is 2. The maximum Gasteiger partial charge on any atom is 0.337 e. The van der Waals surface area contributed by atoms with Gasteiger partial charge in [-0.3, -0.25) is 4.79 Å². The van der Waals surface area contributed by atoms with Gasteiger partial charge < -0.3 is 10.1 Å². The summed E-state index contributed by atoms with van der Waals surface area (Å²) in [6.45, 7) is 1.90. The number of aryl methyl sites for hydroxylation is 1. The average Bonchev–Trinajstić information content (AvgIpc) is 3.07. The Morgan fingerprint density at radius 1 is 1.08 bits per heavy atom. The lowest BCUT2D eigenvalue weighted by Crippen LogP contribution is -2.13. The number of aromatic nitrogens is 3. The molecule has 0 saturated heterocycles. The van der Waals surface area contributed by atoms with E-state index in [1.54, 1.807) is 59.4 Å². The molecule has 7 heteroatoms. The van der Waals surface area contributed by atoms with E-state index in [4.69, 9.17) is 0 Å². The highest BCUT2D eigenvalue weighted by atomic mass is 16.5. The molecule has 0 spiro atoms. The van der Waals surface area contributed by atoms with Crippen molar-refractivity contribution in [2.24, 2.45) is 0 Å². The summed E-state index contributed by atoms with van der Waals surface area (Å²) in [6.07, 6.45) is 1.66. The third-order valence-corrected chi connectivity index (χ3v) is 3.64. The molecule has 0 aliphatic rings. The van der Waals surface area contributed by atoms with E-state index in [9.17, 15) is 9.59 Å². The first-order valence-electron chi connectivity index (χ1n) is 7.56. The molecule has 2 aromatic carbocycles. The molecule has 25 heavy (non-hydrogen) atoms. The van der Waals surface area contributed by atoms with Crippen molar-refractivity contribution in [1.82, 2.24) is 15.0 Å². The first-order valence-corrected chi connectivity index (χ1v) is 7.56. The molecular formula is C18H16N4O3. The van der Waals surface area contributed by atoms with Crippen LogP contribution >= 0.6 is 0 Å². The minimum Gasteiger partial charge on any atom is -0.465 e. The van der Waals surface area contributed by atoms with Crippen LogP contribution in [-0.4, -0.2) is 34.0 Å². The summed E-state index contributed by atoms with van der Waals surface area (Å²) >= 11 is 0. The van der Waals surface area contributed by atoms with Gasteiger partial charge in [-0.25, -0.2) is 9.48 Å². The normalized spacial score (nSPS) is 10.3. The van der Waals surface area contributed by atoms with E-state index < -0.39 is 5.97 Å². The number of hydrogen-bond donors (Lipinski definition) is 1. The Balaban J connectivity index is 1.76. The Hall–Kier alpha value is -3.48. The van der Waals surface area contributed by atoms with Gasteiger partial charge in [0, 0.05) is 11.3 Å². The van der Waals surface area contributed by atoms with Gasteiger partial charge in [-0.05, 0) is 49.4 Å².